The van der Waals surface area contributed by atoms with Crippen molar-refractivity contribution in [1.29, 1.82) is 0 Å². The summed E-state index contributed by atoms with van der Waals surface area (Å²) in [6.45, 7) is 2.04. The molecule has 2 rings (SSSR count). The van der Waals surface area contributed by atoms with Crippen LogP contribution in [0.3, 0.4) is 0 Å². The van der Waals surface area contributed by atoms with E-state index in [9.17, 15) is 4.79 Å². The van der Waals surface area contributed by atoms with Crippen molar-refractivity contribution >= 4 is 17.3 Å². The predicted molar refractivity (Wildman–Crippen MR) is 64.6 cm³/mol. The van der Waals surface area contributed by atoms with E-state index in [1.165, 1.54) is 16.9 Å². The first-order valence-electron chi connectivity index (χ1n) is 4.78. The average Bonchev–Trinajstić information content (AvgIpc) is 2.71. The maximum Gasteiger partial charge on any atom is 0.307 e. The smallest absolute Gasteiger partial charge is 0.307 e. The van der Waals surface area contributed by atoms with Gasteiger partial charge >= 0.3 is 5.97 Å². The van der Waals surface area contributed by atoms with Gasteiger partial charge in [0.15, 0.2) is 0 Å². The molecule has 0 radical (unpaired) electrons. The summed E-state index contributed by atoms with van der Waals surface area (Å²) in [7, 11) is 0. The molecular formula is C12H13NO2S. The maximum atomic E-state index is 10.1. The molecule has 16 heavy (non-hydrogen) atoms. The first-order chi connectivity index (χ1) is 7.68. The van der Waals surface area contributed by atoms with Crippen molar-refractivity contribution in [2.24, 2.45) is 0 Å². The van der Waals surface area contributed by atoms with Crippen LogP contribution in [0.25, 0.3) is 0 Å². The van der Waals surface area contributed by atoms with E-state index >= 15 is 0 Å². The van der Waals surface area contributed by atoms with Gasteiger partial charge in [0, 0.05) is 12.4 Å². The monoisotopic (exact) mass is 235 g/mol. The van der Waals surface area contributed by atoms with E-state index in [0.29, 0.717) is 0 Å². The highest BCUT2D eigenvalue weighted by atomic mass is 32.1. The molecule has 1 N–H and O–H groups in total. The molecule has 2 heterocycles. The van der Waals surface area contributed by atoms with E-state index < -0.39 is 5.97 Å². The van der Waals surface area contributed by atoms with Gasteiger partial charge in [-0.15, -0.1) is 0 Å². The molecule has 84 valence electrons. The number of carbonyl (C=O) groups is 1. The molecule has 0 spiro atoms. The third kappa shape index (κ3) is 5.26. The molecule has 4 heteroatoms. The Labute approximate surface area is 98.4 Å². The van der Waals surface area contributed by atoms with Crippen LogP contribution in [0.5, 0.6) is 0 Å². The summed E-state index contributed by atoms with van der Waals surface area (Å²) < 4.78 is 0. The van der Waals surface area contributed by atoms with Gasteiger partial charge < -0.3 is 5.11 Å². The number of nitrogens with zero attached hydrogens (tertiary/aromatic N) is 1. The Morgan fingerprint density at radius 3 is 2.44 bits per heavy atom. The van der Waals surface area contributed by atoms with Gasteiger partial charge in [0.2, 0.25) is 0 Å². The minimum Gasteiger partial charge on any atom is -0.481 e. The summed E-state index contributed by atoms with van der Waals surface area (Å²) in [6.07, 6.45) is 3.72. The molecule has 0 aliphatic rings. The summed E-state index contributed by atoms with van der Waals surface area (Å²) in [5.74, 6) is -0.770. The standard InChI is InChI=1S/C6H7N.C6H6O2S/c1-6-2-4-7-5-3-6;7-6(8)3-5-1-2-9-4-5/h2-5H,1H3;1-2,4H,3H2,(H,7,8). The summed E-state index contributed by atoms with van der Waals surface area (Å²) in [5.41, 5.74) is 2.14. The van der Waals surface area contributed by atoms with Gasteiger partial charge in [-0.3, -0.25) is 9.78 Å². The molecule has 0 saturated carbocycles. The number of carboxylic acids is 1. The number of aromatic nitrogens is 1. The average molecular weight is 235 g/mol. The molecule has 0 unspecified atom stereocenters. The number of thiophene rings is 1. The third-order valence-electron chi connectivity index (χ3n) is 1.78. The number of hydrogen-bond donors (Lipinski definition) is 1. The van der Waals surface area contributed by atoms with Crippen molar-refractivity contribution < 1.29 is 9.90 Å². The van der Waals surface area contributed by atoms with Gasteiger partial charge in [-0.05, 0) is 47.0 Å². The molecule has 2 aromatic heterocycles. The fourth-order valence-electron chi connectivity index (χ4n) is 0.994. The van der Waals surface area contributed by atoms with E-state index in [1.807, 2.05) is 35.9 Å². The van der Waals surface area contributed by atoms with Crippen molar-refractivity contribution in [2.75, 3.05) is 0 Å². The largest absolute Gasteiger partial charge is 0.481 e. The first kappa shape index (κ1) is 12.4. The lowest BCUT2D eigenvalue weighted by atomic mass is 10.2. The van der Waals surface area contributed by atoms with Gasteiger partial charge in [-0.2, -0.15) is 11.3 Å². The van der Waals surface area contributed by atoms with Crippen LogP contribution in [0.4, 0.5) is 0 Å². The number of carboxylic acid groups (broad SMARTS) is 1. The van der Waals surface area contributed by atoms with Crippen LogP contribution < -0.4 is 0 Å². The van der Waals surface area contributed by atoms with Crippen molar-refractivity contribution in [2.45, 2.75) is 13.3 Å². The zero-order valence-corrected chi connectivity index (χ0v) is 9.78. The normalized spacial score (nSPS) is 9.06. The van der Waals surface area contributed by atoms with Crippen LogP contribution in [-0.2, 0) is 11.2 Å². The molecule has 2 aromatic rings. The van der Waals surface area contributed by atoms with E-state index in [0.717, 1.165) is 5.56 Å². The summed E-state index contributed by atoms with van der Waals surface area (Å²) >= 11 is 1.52. The molecular weight excluding hydrogens is 222 g/mol. The number of rotatable bonds is 2. The second kappa shape index (κ2) is 6.74. The summed E-state index contributed by atoms with van der Waals surface area (Å²) in [4.78, 5) is 13.9. The lowest BCUT2D eigenvalue weighted by molar-refractivity contribution is -0.136. The Balaban J connectivity index is 0.000000165. The Hall–Kier alpha value is -1.68. The zero-order valence-electron chi connectivity index (χ0n) is 8.96. The molecule has 3 nitrogen and oxygen atoms in total. The molecule has 0 saturated heterocycles. The Bertz CT molecular complexity index is 412. The lowest BCUT2D eigenvalue weighted by Gasteiger charge is -1.85. The number of hydrogen-bond acceptors (Lipinski definition) is 3. The number of pyridine rings is 1. The van der Waals surface area contributed by atoms with Crippen molar-refractivity contribution in [3.8, 4) is 0 Å². The SMILES string of the molecule is Cc1ccncc1.O=C(O)Cc1ccsc1. The van der Waals surface area contributed by atoms with E-state index in [-0.39, 0.29) is 6.42 Å². The van der Waals surface area contributed by atoms with Crippen LogP contribution in [0.1, 0.15) is 11.1 Å². The molecule has 0 aromatic carbocycles. The minimum absolute atomic E-state index is 0.142. The Kier molecular flexibility index (Phi) is 5.22. The van der Waals surface area contributed by atoms with Crippen LogP contribution in [0.15, 0.2) is 41.4 Å². The molecule has 0 fully saturated rings. The van der Waals surface area contributed by atoms with Crippen LogP contribution in [0, 0.1) is 6.92 Å². The third-order valence-corrected chi connectivity index (χ3v) is 2.51. The fraction of sp³-hybridized carbons (Fsp3) is 0.167. The highest BCUT2D eigenvalue weighted by Gasteiger charge is 1.97. The molecule has 0 amide bonds. The van der Waals surface area contributed by atoms with Gasteiger partial charge in [-0.1, -0.05) is 0 Å². The molecule has 0 aliphatic carbocycles. The topological polar surface area (TPSA) is 50.2 Å². The van der Waals surface area contributed by atoms with Gasteiger partial charge in [-0.25, -0.2) is 0 Å². The first-order valence-corrected chi connectivity index (χ1v) is 5.72. The zero-order chi connectivity index (χ0) is 11.8. The quantitative estimate of drug-likeness (QED) is 0.870. The van der Waals surface area contributed by atoms with Crippen molar-refractivity contribution in [3.63, 3.8) is 0 Å². The van der Waals surface area contributed by atoms with E-state index in [4.69, 9.17) is 5.11 Å². The van der Waals surface area contributed by atoms with Crippen molar-refractivity contribution in [3.05, 3.63) is 52.5 Å². The van der Waals surface area contributed by atoms with Crippen LogP contribution in [0.2, 0.25) is 0 Å². The van der Waals surface area contributed by atoms with Crippen molar-refractivity contribution in [1.82, 2.24) is 4.98 Å². The Morgan fingerprint density at radius 2 is 2.06 bits per heavy atom. The molecule has 0 atom stereocenters. The summed E-state index contributed by atoms with van der Waals surface area (Å²) in [6, 6.07) is 5.76. The van der Waals surface area contributed by atoms with E-state index in [1.54, 1.807) is 12.4 Å². The fourth-order valence-corrected chi connectivity index (χ4v) is 1.66. The van der Waals surface area contributed by atoms with Crippen LogP contribution in [-0.4, -0.2) is 16.1 Å². The molecule has 0 bridgehead atoms. The number of aryl methyl sites for hydroxylation is 1. The lowest BCUT2D eigenvalue weighted by Crippen LogP contribution is -1.97. The van der Waals surface area contributed by atoms with Gasteiger partial charge in [0.25, 0.3) is 0 Å². The van der Waals surface area contributed by atoms with Gasteiger partial charge in [0.1, 0.15) is 0 Å². The second-order valence-electron chi connectivity index (χ2n) is 3.23. The van der Waals surface area contributed by atoms with Gasteiger partial charge in [0.05, 0.1) is 6.42 Å². The maximum absolute atomic E-state index is 10.1. The van der Waals surface area contributed by atoms with Crippen LogP contribution >= 0.6 is 11.3 Å². The molecule has 0 aliphatic heterocycles. The van der Waals surface area contributed by atoms with E-state index in [2.05, 4.69) is 4.98 Å². The Morgan fingerprint density at radius 1 is 1.38 bits per heavy atom. The summed E-state index contributed by atoms with van der Waals surface area (Å²) in [5, 5.41) is 12.0. The highest BCUT2D eigenvalue weighted by Crippen LogP contribution is 2.05. The number of aliphatic carboxylic acids is 1. The minimum atomic E-state index is -0.770. The second-order valence-corrected chi connectivity index (χ2v) is 4.01. The highest BCUT2D eigenvalue weighted by molar-refractivity contribution is 7.07. The predicted octanol–water partition coefficient (Wildman–Crippen LogP) is 2.77.